The molecule has 1 heterocycles. The average molecular weight is 212 g/mol. The van der Waals surface area contributed by atoms with Crippen molar-refractivity contribution in [2.75, 3.05) is 19.6 Å². The lowest BCUT2D eigenvalue weighted by Gasteiger charge is -2.42. The fourth-order valence-corrected chi connectivity index (χ4v) is 2.65. The molecule has 1 N–H and O–H groups in total. The first-order valence-corrected chi connectivity index (χ1v) is 6.52. The molecule has 0 aromatic heterocycles. The van der Waals surface area contributed by atoms with Crippen molar-refractivity contribution in [1.82, 2.24) is 10.2 Å². The molecule has 1 fully saturated rings. The molecule has 15 heavy (non-hydrogen) atoms. The van der Waals surface area contributed by atoms with Crippen LogP contribution in [0.2, 0.25) is 0 Å². The number of hydrogen-bond donors (Lipinski definition) is 1. The Bertz CT molecular complexity index is 177. The summed E-state index contributed by atoms with van der Waals surface area (Å²) >= 11 is 0. The van der Waals surface area contributed by atoms with Crippen LogP contribution in [0.1, 0.15) is 41.0 Å². The van der Waals surface area contributed by atoms with Gasteiger partial charge in [-0.2, -0.15) is 0 Å². The van der Waals surface area contributed by atoms with Gasteiger partial charge in [0.15, 0.2) is 0 Å². The van der Waals surface area contributed by atoms with Crippen LogP contribution in [0.3, 0.4) is 0 Å². The number of likely N-dealkylation sites (N-methyl/N-ethyl adjacent to an activating group) is 1. The third-order valence-corrected chi connectivity index (χ3v) is 3.47. The van der Waals surface area contributed by atoms with E-state index >= 15 is 0 Å². The van der Waals surface area contributed by atoms with Gasteiger partial charge in [0.1, 0.15) is 0 Å². The Morgan fingerprint density at radius 1 is 1.27 bits per heavy atom. The molecule has 0 aromatic rings. The maximum atomic E-state index is 3.70. The summed E-state index contributed by atoms with van der Waals surface area (Å²) in [6.07, 6.45) is 1.31. The molecular formula is C13H28N2. The van der Waals surface area contributed by atoms with Gasteiger partial charge in [0.2, 0.25) is 0 Å². The molecule has 2 nitrogen and oxygen atoms in total. The van der Waals surface area contributed by atoms with Gasteiger partial charge in [-0.1, -0.05) is 34.6 Å². The summed E-state index contributed by atoms with van der Waals surface area (Å²) in [7, 11) is 0. The van der Waals surface area contributed by atoms with Crippen molar-refractivity contribution in [2.24, 2.45) is 11.8 Å². The van der Waals surface area contributed by atoms with E-state index in [-0.39, 0.29) is 0 Å². The first-order valence-electron chi connectivity index (χ1n) is 6.52. The number of hydrogen-bond acceptors (Lipinski definition) is 2. The van der Waals surface area contributed by atoms with Crippen molar-refractivity contribution in [3.8, 4) is 0 Å². The maximum Gasteiger partial charge on any atom is 0.0244 e. The smallest absolute Gasteiger partial charge is 0.0244 e. The second-order valence-corrected chi connectivity index (χ2v) is 5.63. The van der Waals surface area contributed by atoms with Gasteiger partial charge in [-0.3, -0.25) is 4.90 Å². The molecule has 0 aromatic carbocycles. The van der Waals surface area contributed by atoms with Crippen molar-refractivity contribution in [1.29, 1.82) is 0 Å². The number of nitrogens with one attached hydrogen (secondary N) is 1. The first kappa shape index (κ1) is 13.0. The molecule has 2 heteroatoms. The van der Waals surface area contributed by atoms with Gasteiger partial charge < -0.3 is 5.32 Å². The van der Waals surface area contributed by atoms with E-state index in [0.717, 1.165) is 17.9 Å². The van der Waals surface area contributed by atoms with Gasteiger partial charge in [0.25, 0.3) is 0 Å². The fourth-order valence-electron chi connectivity index (χ4n) is 2.65. The zero-order valence-electron chi connectivity index (χ0n) is 11.1. The highest BCUT2D eigenvalue weighted by Crippen LogP contribution is 2.17. The summed E-state index contributed by atoms with van der Waals surface area (Å²) in [5.41, 5.74) is 0. The maximum absolute atomic E-state index is 3.70. The normalized spacial score (nSPS) is 29.0. The van der Waals surface area contributed by atoms with Crippen LogP contribution >= 0.6 is 0 Å². The van der Waals surface area contributed by atoms with E-state index in [1.165, 1.54) is 26.1 Å². The predicted octanol–water partition coefficient (Wildman–Crippen LogP) is 2.35. The predicted molar refractivity (Wildman–Crippen MR) is 67.1 cm³/mol. The van der Waals surface area contributed by atoms with Crippen LogP contribution in [0.4, 0.5) is 0 Å². The summed E-state index contributed by atoms with van der Waals surface area (Å²) in [5.74, 6) is 1.56. The number of rotatable bonds is 4. The average Bonchev–Trinajstić information content (AvgIpc) is 2.16. The van der Waals surface area contributed by atoms with Gasteiger partial charge in [-0.25, -0.2) is 0 Å². The zero-order chi connectivity index (χ0) is 11.4. The lowest BCUT2D eigenvalue weighted by atomic mass is 9.95. The lowest BCUT2D eigenvalue weighted by molar-refractivity contribution is 0.0980. The van der Waals surface area contributed by atoms with E-state index in [9.17, 15) is 0 Å². The van der Waals surface area contributed by atoms with Gasteiger partial charge in [0.05, 0.1) is 0 Å². The highest BCUT2D eigenvalue weighted by Gasteiger charge is 2.28. The van der Waals surface area contributed by atoms with Crippen molar-refractivity contribution in [2.45, 2.75) is 53.1 Å². The molecule has 1 rings (SSSR count). The molecule has 1 aliphatic heterocycles. The van der Waals surface area contributed by atoms with Gasteiger partial charge in [0, 0.05) is 25.2 Å². The molecule has 1 saturated heterocycles. The Kier molecular flexibility index (Phi) is 5.07. The monoisotopic (exact) mass is 212 g/mol. The largest absolute Gasteiger partial charge is 0.311 e. The van der Waals surface area contributed by atoms with Gasteiger partial charge >= 0.3 is 0 Å². The van der Waals surface area contributed by atoms with E-state index in [1.807, 2.05) is 0 Å². The van der Waals surface area contributed by atoms with Crippen molar-refractivity contribution in [3.63, 3.8) is 0 Å². The van der Waals surface area contributed by atoms with Crippen molar-refractivity contribution >= 4 is 0 Å². The Morgan fingerprint density at radius 3 is 2.40 bits per heavy atom. The quantitative estimate of drug-likeness (QED) is 0.769. The van der Waals surface area contributed by atoms with Crippen molar-refractivity contribution < 1.29 is 0 Å². The minimum absolute atomic E-state index is 0.708. The minimum Gasteiger partial charge on any atom is -0.311 e. The van der Waals surface area contributed by atoms with E-state index < -0.39 is 0 Å². The molecule has 0 radical (unpaired) electrons. The van der Waals surface area contributed by atoms with Crippen LogP contribution < -0.4 is 5.32 Å². The molecule has 90 valence electrons. The second kappa shape index (κ2) is 5.86. The third kappa shape index (κ3) is 3.76. The first-order chi connectivity index (χ1) is 7.04. The van der Waals surface area contributed by atoms with Crippen LogP contribution in [0.15, 0.2) is 0 Å². The third-order valence-electron chi connectivity index (χ3n) is 3.47. The Hall–Kier alpha value is -0.0800. The standard InChI is InChI=1S/C13H28N2/c1-6-15-9-12(7-10(2)3)14-8-13(15)11(4)5/h10-14H,6-9H2,1-5H3. The van der Waals surface area contributed by atoms with Gasteiger partial charge in [-0.05, 0) is 24.8 Å². The number of piperazine rings is 1. The highest BCUT2D eigenvalue weighted by molar-refractivity contribution is 4.87. The van der Waals surface area contributed by atoms with E-state index in [4.69, 9.17) is 0 Å². The van der Waals surface area contributed by atoms with Crippen LogP contribution in [0.5, 0.6) is 0 Å². The molecule has 0 spiro atoms. The van der Waals surface area contributed by atoms with E-state index in [1.54, 1.807) is 0 Å². The SMILES string of the molecule is CCN1CC(CC(C)C)NCC1C(C)C. The van der Waals surface area contributed by atoms with E-state index in [0.29, 0.717) is 6.04 Å². The van der Waals surface area contributed by atoms with Crippen LogP contribution in [0, 0.1) is 11.8 Å². The Morgan fingerprint density at radius 2 is 1.93 bits per heavy atom. The molecule has 2 unspecified atom stereocenters. The highest BCUT2D eigenvalue weighted by atomic mass is 15.2. The number of nitrogens with zero attached hydrogens (tertiary/aromatic N) is 1. The molecule has 0 bridgehead atoms. The summed E-state index contributed by atoms with van der Waals surface area (Å²) in [5, 5.41) is 3.70. The van der Waals surface area contributed by atoms with Gasteiger partial charge in [-0.15, -0.1) is 0 Å². The van der Waals surface area contributed by atoms with Crippen LogP contribution in [0.25, 0.3) is 0 Å². The summed E-state index contributed by atoms with van der Waals surface area (Å²) < 4.78 is 0. The Labute approximate surface area is 95.4 Å². The zero-order valence-corrected chi connectivity index (χ0v) is 11.1. The molecule has 1 aliphatic rings. The van der Waals surface area contributed by atoms with Crippen molar-refractivity contribution in [3.05, 3.63) is 0 Å². The topological polar surface area (TPSA) is 15.3 Å². The molecule has 0 saturated carbocycles. The Balaban J connectivity index is 2.47. The van der Waals surface area contributed by atoms with E-state index in [2.05, 4.69) is 44.8 Å². The van der Waals surface area contributed by atoms with Crippen LogP contribution in [-0.2, 0) is 0 Å². The lowest BCUT2D eigenvalue weighted by Crippen LogP contribution is -2.58. The molecule has 2 atom stereocenters. The second-order valence-electron chi connectivity index (χ2n) is 5.63. The summed E-state index contributed by atoms with van der Waals surface area (Å²) in [4.78, 5) is 2.65. The minimum atomic E-state index is 0.708. The molecule has 0 amide bonds. The summed E-state index contributed by atoms with van der Waals surface area (Å²) in [6, 6.07) is 1.44. The summed E-state index contributed by atoms with van der Waals surface area (Å²) in [6.45, 7) is 15.2. The van der Waals surface area contributed by atoms with Crippen LogP contribution in [-0.4, -0.2) is 36.6 Å². The molecule has 0 aliphatic carbocycles. The molecular weight excluding hydrogens is 184 g/mol. The fraction of sp³-hybridized carbons (Fsp3) is 1.00.